The Morgan fingerprint density at radius 3 is 2.57 bits per heavy atom. The van der Waals surface area contributed by atoms with E-state index in [9.17, 15) is 10.1 Å². The van der Waals surface area contributed by atoms with E-state index in [4.69, 9.17) is 4.74 Å². The molecule has 4 heteroatoms. The average molecular weight is 372 g/mol. The average Bonchev–Trinajstić information content (AvgIpc) is 2.65. The summed E-state index contributed by atoms with van der Waals surface area (Å²) in [7, 11) is 1.65. The fraction of sp³-hybridized carbons (Fsp3) is 0.333. The van der Waals surface area contributed by atoms with Crippen LogP contribution in [0.3, 0.4) is 0 Å². The predicted molar refractivity (Wildman–Crippen MR) is 110 cm³/mol. The highest BCUT2D eigenvalue weighted by atomic mass is 16.5. The van der Waals surface area contributed by atoms with E-state index in [-0.39, 0.29) is 17.1 Å². The van der Waals surface area contributed by atoms with Gasteiger partial charge in [-0.2, -0.15) is 5.26 Å². The fourth-order valence-electron chi connectivity index (χ4n) is 4.47. The Morgan fingerprint density at radius 1 is 1.14 bits per heavy atom. The first-order valence-corrected chi connectivity index (χ1v) is 9.55. The van der Waals surface area contributed by atoms with E-state index in [1.165, 1.54) is 0 Å². The zero-order valence-electron chi connectivity index (χ0n) is 16.7. The van der Waals surface area contributed by atoms with Gasteiger partial charge < -0.3 is 10.1 Å². The Balaban J connectivity index is 1.88. The van der Waals surface area contributed by atoms with Gasteiger partial charge in [-0.1, -0.05) is 38.1 Å². The smallest absolute Gasteiger partial charge is 0.162 e. The van der Waals surface area contributed by atoms with Crippen molar-refractivity contribution in [3.8, 4) is 11.8 Å². The summed E-state index contributed by atoms with van der Waals surface area (Å²) in [5, 5.41) is 15.4. The first-order valence-electron chi connectivity index (χ1n) is 9.55. The standard InChI is InChI=1S/C24H24N2O2/c1-14-19(13-25)22(23-20(26-14)11-24(2,3)12-21(23)27)17-6-5-16-10-18(28-4)8-7-15(16)9-17/h5-10,22,26H,11-12H2,1-4H3/t22-/m1/s1. The van der Waals surface area contributed by atoms with Gasteiger partial charge in [-0.25, -0.2) is 0 Å². The highest BCUT2D eigenvalue weighted by Crippen LogP contribution is 2.46. The van der Waals surface area contributed by atoms with E-state index in [0.29, 0.717) is 12.0 Å². The van der Waals surface area contributed by atoms with Crippen LogP contribution in [0.15, 0.2) is 58.9 Å². The minimum Gasteiger partial charge on any atom is -0.497 e. The van der Waals surface area contributed by atoms with Crippen LogP contribution in [-0.4, -0.2) is 12.9 Å². The number of carbonyl (C=O) groups is 1. The summed E-state index contributed by atoms with van der Waals surface area (Å²) in [4.78, 5) is 13.1. The first-order chi connectivity index (χ1) is 13.3. The fourth-order valence-corrected chi connectivity index (χ4v) is 4.47. The lowest BCUT2D eigenvalue weighted by molar-refractivity contribution is -0.118. The predicted octanol–water partition coefficient (Wildman–Crippen LogP) is 4.98. The Morgan fingerprint density at radius 2 is 1.86 bits per heavy atom. The molecular weight excluding hydrogens is 348 g/mol. The number of dihydropyridines is 1. The molecule has 0 radical (unpaired) electrons. The highest BCUT2D eigenvalue weighted by Gasteiger charge is 2.41. The first kappa shape index (κ1) is 18.3. The molecule has 2 aromatic carbocycles. The van der Waals surface area contributed by atoms with Gasteiger partial charge in [0.2, 0.25) is 0 Å². The maximum Gasteiger partial charge on any atom is 0.162 e. The van der Waals surface area contributed by atoms with E-state index in [1.807, 2.05) is 37.3 Å². The quantitative estimate of drug-likeness (QED) is 0.808. The Hall–Kier alpha value is -3.06. The number of fused-ring (bicyclic) bond motifs is 1. The molecule has 1 atom stereocenters. The number of nitrogens with zero attached hydrogens (tertiary/aromatic N) is 1. The molecule has 1 N–H and O–H groups in total. The van der Waals surface area contributed by atoms with E-state index in [0.717, 1.165) is 45.5 Å². The largest absolute Gasteiger partial charge is 0.497 e. The van der Waals surface area contributed by atoms with Crippen molar-refractivity contribution in [2.75, 3.05) is 7.11 Å². The molecule has 0 aromatic heterocycles. The molecule has 4 rings (SSSR count). The molecule has 28 heavy (non-hydrogen) atoms. The zero-order valence-corrected chi connectivity index (χ0v) is 16.7. The Labute approximate surface area is 165 Å². The number of rotatable bonds is 2. The van der Waals surface area contributed by atoms with Crippen LogP contribution in [0.4, 0.5) is 0 Å². The van der Waals surface area contributed by atoms with Gasteiger partial charge in [0.05, 0.1) is 24.7 Å². The summed E-state index contributed by atoms with van der Waals surface area (Å²) < 4.78 is 5.31. The topological polar surface area (TPSA) is 62.1 Å². The lowest BCUT2D eigenvalue weighted by Gasteiger charge is -2.38. The number of hydrogen-bond donors (Lipinski definition) is 1. The van der Waals surface area contributed by atoms with Crippen LogP contribution in [0.25, 0.3) is 10.8 Å². The molecule has 2 aromatic rings. The van der Waals surface area contributed by atoms with Gasteiger partial charge in [0.15, 0.2) is 5.78 Å². The van der Waals surface area contributed by atoms with Crippen LogP contribution < -0.4 is 10.1 Å². The number of ether oxygens (including phenoxy) is 1. The normalized spacial score (nSPS) is 21.2. The van der Waals surface area contributed by atoms with Gasteiger partial charge in [-0.15, -0.1) is 0 Å². The van der Waals surface area contributed by atoms with Crippen molar-refractivity contribution >= 4 is 16.6 Å². The minimum atomic E-state index is -0.309. The zero-order chi connectivity index (χ0) is 20.1. The van der Waals surface area contributed by atoms with Crippen molar-refractivity contribution < 1.29 is 9.53 Å². The number of Topliss-reactive ketones (excluding diaryl/α,β-unsaturated/α-hetero) is 1. The number of nitriles is 1. The summed E-state index contributed by atoms with van der Waals surface area (Å²) in [6.07, 6.45) is 1.32. The maximum absolute atomic E-state index is 13.1. The molecule has 0 saturated heterocycles. The van der Waals surface area contributed by atoms with Crippen molar-refractivity contribution in [3.05, 3.63) is 64.5 Å². The SMILES string of the molecule is COc1ccc2cc([C@@H]3C(C#N)=C(C)NC4=C3C(=O)CC(C)(C)C4)ccc2c1. The third kappa shape index (κ3) is 2.97. The molecular formula is C24H24N2O2. The summed E-state index contributed by atoms with van der Waals surface area (Å²) in [6.45, 7) is 6.16. The van der Waals surface area contributed by atoms with Crippen molar-refractivity contribution in [2.45, 2.75) is 39.5 Å². The lowest BCUT2D eigenvalue weighted by atomic mass is 9.69. The van der Waals surface area contributed by atoms with Gasteiger partial charge in [-0.3, -0.25) is 4.79 Å². The number of carbonyl (C=O) groups excluding carboxylic acids is 1. The monoisotopic (exact) mass is 372 g/mol. The van der Waals surface area contributed by atoms with Crippen molar-refractivity contribution in [1.82, 2.24) is 5.32 Å². The Kier molecular flexibility index (Phi) is 4.27. The molecule has 0 bridgehead atoms. The van der Waals surface area contributed by atoms with E-state index in [2.05, 4.69) is 31.3 Å². The minimum absolute atomic E-state index is 0.0716. The van der Waals surface area contributed by atoms with Crippen LogP contribution in [0.5, 0.6) is 5.75 Å². The molecule has 0 fully saturated rings. The van der Waals surface area contributed by atoms with Crippen molar-refractivity contribution in [1.29, 1.82) is 5.26 Å². The van der Waals surface area contributed by atoms with Gasteiger partial charge in [-0.05, 0) is 47.2 Å². The summed E-state index contributed by atoms with van der Waals surface area (Å²) in [5.41, 5.74) is 4.10. The molecule has 0 spiro atoms. The van der Waals surface area contributed by atoms with E-state index in [1.54, 1.807) is 7.11 Å². The van der Waals surface area contributed by atoms with Gasteiger partial charge in [0.1, 0.15) is 5.75 Å². The second kappa shape index (κ2) is 6.53. The second-order valence-electron chi connectivity index (χ2n) is 8.51. The molecule has 4 nitrogen and oxygen atoms in total. The third-order valence-electron chi connectivity index (χ3n) is 5.76. The maximum atomic E-state index is 13.1. The van der Waals surface area contributed by atoms with Gasteiger partial charge in [0.25, 0.3) is 0 Å². The second-order valence-corrected chi connectivity index (χ2v) is 8.51. The molecule has 1 heterocycles. The molecule has 0 amide bonds. The van der Waals surface area contributed by atoms with Gasteiger partial charge in [0, 0.05) is 23.4 Å². The number of hydrogen-bond acceptors (Lipinski definition) is 4. The van der Waals surface area contributed by atoms with Crippen LogP contribution >= 0.6 is 0 Å². The molecule has 1 aliphatic carbocycles. The molecule has 0 saturated carbocycles. The molecule has 2 aliphatic rings. The van der Waals surface area contributed by atoms with Crippen LogP contribution in [-0.2, 0) is 4.79 Å². The number of methoxy groups -OCH3 is 1. The number of allylic oxidation sites excluding steroid dienone is 4. The van der Waals surface area contributed by atoms with Crippen LogP contribution in [0.1, 0.15) is 45.1 Å². The van der Waals surface area contributed by atoms with Gasteiger partial charge >= 0.3 is 0 Å². The van der Waals surface area contributed by atoms with Crippen LogP contribution in [0, 0.1) is 16.7 Å². The summed E-state index contributed by atoms with van der Waals surface area (Å²) in [6, 6.07) is 14.5. The van der Waals surface area contributed by atoms with Crippen molar-refractivity contribution in [3.63, 3.8) is 0 Å². The van der Waals surface area contributed by atoms with E-state index < -0.39 is 0 Å². The molecule has 142 valence electrons. The van der Waals surface area contributed by atoms with Crippen molar-refractivity contribution in [2.24, 2.45) is 5.41 Å². The Bertz CT molecular complexity index is 1100. The number of benzene rings is 2. The lowest BCUT2D eigenvalue weighted by Crippen LogP contribution is -2.36. The molecule has 0 unspecified atom stereocenters. The number of nitrogens with one attached hydrogen (secondary N) is 1. The summed E-state index contributed by atoms with van der Waals surface area (Å²) in [5.74, 6) is 0.639. The molecule has 1 aliphatic heterocycles. The highest BCUT2D eigenvalue weighted by molar-refractivity contribution is 6.00. The van der Waals surface area contributed by atoms with E-state index >= 15 is 0 Å². The summed E-state index contributed by atoms with van der Waals surface area (Å²) >= 11 is 0. The number of ketones is 1. The third-order valence-corrected chi connectivity index (χ3v) is 5.76. The van der Waals surface area contributed by atoms with Crippen LogP contribution in [0.2, 0.25) is 0 Å².